The van der Waals surface area contributed by atoms with Crippen molar-refractivity contribution < 1.29 is 13.6 Å². The molecule has 0 atom stereocenters. The summed E-state index contributed by atoms with van der Waals surface area (Å²) in [6.45, 7) is 0.355. The number of hydrogen-bond donors (Lipinski definition) is 1. The van der Waals surface area contributed by atoms with E-state index in [0.29, 0.717) is 5.56 Å². The average molecular weight is 291 g/mol. The molecule has 6 heteroatoms. The summed E-state index contributed by atoms with van der Waals surface area (Å²) < 4.78 is 24.6. The van der Waals surface area contributed by atoms with Gasteiger partial charge in [0.05, 0.1) is 6.54 Å². The zero-order valence-corrected chi connectivity index (χ0v) is 11.5. The number of amides is 1. The molecule has 1 heterocycles. The molecular weight excluding hydrogens is 274 g/mol. The quantitative estimate of drug-likeness (QED) is 0.928. The lowest BCUT2D eigenvalue weighted by Crippen LogP contribution is -2.32. The van der Waals surface area contributed by atoms with Gasteiger partial charge < -0.3 is 10.2 Å². The minimum atomic E-state index is -2.50. The average Bonchev–Trinajstić information content (AvgIpc) is 2.36. The largest absolute Gasteiger partial charge is 0.385 e. The number of rotatable bonds is 3. The Morgan fingerprint density at radius 2 is 2.21 bits per heavy atom. The van der Waals surface area contributed by atoms with Crippen molar-refractivity contribution >= 4 is 24.0 Å². The summed E-state index contributed by atoms with van der Waals surface area (Å²) in [5, 5.41) is 3.22. The number of nitrogens with one attached hydrogen (secondary N) is 1. The predicted molar refractivity (Wildman–Crippen MR) is 73.5 cm³/mol. The first kappa shape index (κ1) is 15.7. The van der Waals surface area contributed by atoms with E-state index < -0.39 is 13.0 Å². The number of halogens is 3. The summed E-state index contributed by atoms with van der Waals surface area (Å²) in [5.74, 6) is -0.337. The fourth-order valence-corrected chi connectivity index (χ4v) is 2.21. The molecule has 1 aliphatic heterocycles. The molecule has 106 valence electrons. The van der Waals surface area contributed by atoms with Crippen molar-refractivity contribution in [2.45, 2.75) is 19.3 Å². The van der Waals surface area contributed by atoms with Crippen LogP contribution in [0.1, 0.15) is 22.3 Å². The lowest BCUT2D eigenvalue weighted by atomic mass is 9.97. The van der Waals surface area contributed by atoms with Crippen LogP contribution in [-0.2, 0) is 6.42 Å². The van der Waals surface area contributed by atoms with Crippen molar-refractivity contribution in [3.8, 4) is 0 Å². The van der Waals surface area contributed by atoms with E-state index in [4.69, 9.17) is 0 Å². The third-order valence-corrected chi connectivity index (χ3v) is 3.08. The van der Waals surface area contributed by atoms with E-state index >= 15 is 0 Å². The first-order valence-corrected chi connectivity index (χ1v) is 5.99. The van der Waals surface area contributed by atoms with Gasteiger partial charge in [-0.15, -0.1) is 12.4 Å². The van der Waals surface area contributed by atoms with Crippen molar-refractivity contribution in [2.24, 2.45) is 0 Å². The molecule has 1 aromatic rings. The molecule has 0 spiro atoms. The first-order valence-electron chi connectivity index (χ1n) is 5.99. The van der Waals surface area contributed by atoms with Gasteiger partial charge in [-0.25, -0.2) is 8.78 Å². The van der Waals surface area contributed by atoms with E-state index in [-0.39, 0.29) is 18.3 Å². The highest BCUT2D eigenvalue weighted by Gasteiger charge is 2.21. The number of benzene rings is 1. The van der Waals surface area contributed by atoms with Crippen LogP contribution in [-0.4, -0.2) is 37.4 Å². The summed E-state index contributed by atoms with van der Waals surface area (Å²) in [4.78, 5) is 13.2. The summed E-state index contributed by atoms with van der Waals surface area (Å²) in [7, 11) is 1.41. The second-order valence-electron chi connectivity index (χ2n) is 4.44. The van der Waals surface area contributed by atoms with Crippen LogP contribution in [0.5, 0.6) is 0 Å². The van der Waals surface area contributed by atoms with E-state index in [1.807, 2.05) is 6.07 Å². The number of anilines is 1. The van der Waals surface area contributed by atoms with Gasteiger partial charge in [0.25, 0.3) is 12.3 Å². The molecule has 1 N–H and O–H groups in total. The highest BCUT2D eigenvalue weighted by atomic mass is 35.5. The van der Waals surface area contributed by atoms with Crippen LogP contribution in [0.4, 0.5) is 14.5 Å². The molecule has 0 unspecified atom stereocenters. The third kappa shape index (κ3) is 3.56. The van der Waals surface area contributed by atoms with Crippen molar-refractivity contribution in [3.05, 3.63) is 29.3 Å². The topological polar surface area (TPSA) is 32.3 Å². The molecule has 0 saturated heterocycles. The summed E-state index contributed by atoms with van der Waals surface area (Å²) in [6, 6.07) is 5.40. The molecule has 0 aliphatic carbocycles. The molecule has 1 amide bonds. The SMILES string of the molecule is CN(CC(F)F)C(=O)c1cccc2c1CCCN2.Cl. The maximum absolute atomic E-state index is 12.3. The molecule has 0 aromatic heterocycles. The molecule has 2 rings (SSSR count). The van der Waals surface area contributed by atoms with Gasteiger partial charge in [-0.2, -0.15) is 0 Å². The Morgan fingerprint density at radius 1 is 1.47 bits per heavy atom. The normalized spacial score (nSPS) is 13.3. The minimum absolute atomic E-state index is 0. The third-order valence-electron chi connectivity index (χ3n) is 3.08. The molecule has 0 bridgehead atoms. The zero-order valence-electron chi connectivity index (χ0n) is 10.7. The highest BCUT2D eigenvalue weighted by molar-refractivity contribution is 5.97. The predicted octanol–water partition coefficient (Wildman–Crippen LogP) is 2.80. The van der Waals surface area contributed by atoms with Gasteiger partial charge in [-0.3, -0.25) is 4.79 Å². The van der Waals surface area contributed by atoms with Crippen molar-refractivity contribution in [1.29, 1.82) is 0 Å². The van der Waals surface area contributed by atoms with E-state index in [9.17, 15) is 13.6 Å². The molecule has 0 fully saturated rings. The van der Waals surface area contributed by atoms with E-state index in [1.165, 1.54) is 7.05 Å². The molecular formula is C13H17ClF2N2O. The Labute approximate surface area is 117 Å². The fourth-order valence-electron chi connectivity index (χ4n) is 2.21. The zero-order chi connectivity index (χ0) is 13.1. The van der Waals surface area contributed by atoms with Crippen LogP contribution >= 0.6 is 12.4 Å². The maximum atomic E-state index is 12.3. The van der Waals surface area contributed by atoms with Crippen LogP contribution in [0.15, 0.2) is 18.2 Å². The van der Waals surface area contributed by atoms with Gasteiger partial charge >= 0.3 is 0 Å². The smallest absolute Gasteiger partial charge is 0.255 e. The maximum Gasteiger partial charge on any atom is 0.255 e. The van der Waals surface area contributed by atoms with E-state index in [2.05, 4.69) is 5.32 Å². The Balaban J connectivity index is 0.00000180. The monoisotopic (exact) mass is 290 g/mol. The standard InChI is InChI=1S/C13H16F2N2O.ClH/c1-17(8-12(14)15)13(18)10-4-2-6-11-9(10)5-3-7-16-11;/h2,4,6,12,16H,3,5,7-8H2,1H3;1H. The van der Waals surface area contributed by atoms with Crippen molar-refractivity contribution in [1.82, 2.24) is 4.90 Å². The minimum Gasteiger partial charge on any atom is -0.385 e. The van der Waals surface area contributed by atoms with E-state index in [1.54, 1.807) is 12.1 Å². The fraction of sp³-hybridized carbons (Fsp3) is 0.462. The van der Waals surface area contributed by atoms with Gasteiger partial charge in [0.15, 0.2) is 0 Å². The lowest BCUT2D eigenvalue weighted by molar-refractivity contribution is 0.0619. The van der Waals surface area contributed by atoms with Crippen LogP contribution in [0, 0.1) is 0 Å². The van der Waals surface area contributed by atoms with Crippen LogP contribution in [0.2, 0.25) is 0 Å². The Hall–Kier alpha value is -1.36. The van der Waals surface area contributed by atoms with Crippen molar-refractivity contribution in [3.63, 3.8) is 0 Å². The van der Waals surface area contributed by atoms with Gasteiger partial charge in [0.1, 0.15) is 0 Å². The number of hydrogen-bond acceptors (Lipinski definition) is 2. The van der Waals surface area contributed by atoms with Gasteiger partial charge in [-0.05, 0) is 30.5 Å². The first-order chi connectivity index (χ1) is 8.59. The number of nitrogens with zero attached hydrogens (tertiary/aromatic N) is 1. The summed E-state index contributed by atoms with van der Waals surface area (Å²) in [5.41, 5.74) is 2.41. The number of alkyl halides is 2. The van der Waals surface area contributed by atoms with Gasteiger partial charge in [0, 0.05) is 24.8 Å². The molecule has 3 nitrogen and oxygen atoms in total. The van der Waals surface area contributed by atoms with Gasteiger partial charge in [-0.1, -0.05) is 6.07 Å². The van der Waals surface area contributed by atoms with Crippen LogP contribution < -0.4 is 5.32 Å². The second-order valence-corrected chi connectivity index (χ2v) is 4.44. The van der Waals surface area contributed by atoms with Crippen molar-refractivity contribution in [2.75, 3.05) is 25.5 Å². The van der Waals surface area contributed by atoms with E-state index in [0.717, 1.165) is 35.5 Å². The summed E-state index contributed by atoms with van der Waals surface area (Å²) in [6.07, 6.45) is -0.737. The molecule has 1 aliphatic rings. The number of carbonyl (C=O) groups excluding carboxylic acids is 1. The molecule has 0 saturated carbocycles. The lowest BCUT2D eigenvalue weighted by Gasteiger charge is -2.23. The number of fused-ring (bicyclic) bond motifs is 1. The van der Waals surface area contributed by atoms with Crippen LogP contribution in [0.25, 0.3) is 0 Å². The highest BCUT2D eigenvalue weighted by Crippen LogP contribution is 2.26. The molecule has 19 heavy (non-hydrogen) atoms. The molecule has 1 aromatic carbocycles. The Kier molecular flexibility index (Phi) is 5.54. The number of carbonyl (C=O) groups is 1. The Morgan fingerprint density at radius 3 is 2.89 bits per heavy atom. The Bertz CT molecular complexity index is 454. The summed E-state index contributed by atoms with van der Waals surface area (Å²) >= 11 is 0. The van der Waals surface area contributed by atoms with Crippen LogP contribution in [0.3, 0.4) is 0 Å². The van der Waals surface area contributed by atoms with Gasteiger partial charge in [0.2, 0.25) is 0 Å². The molecule has 0 radical (unpaired) electrons. The second kappa shape index (κ2) is 6.70.